The Bertz CT molecular complexity index is 1420. The minimum absolute atomic E-state index is 0.207. The fourth-order valence-electron chi connectivity index (χ4n) is 3.80. The molecule has 4 amide bonds. The van der Waals surface area contributed by atoms with E-state index in [1.54, 1.807) is 37.3 Å². The standard InChI is InChI=1S/C28H24BrClN2O5/c1-4-36-24-14-19(13-21(29)25(24)37-15-18-10-8-16(2)9-11-18)12-20-26(33)31-28(35)32(27(20)34)23-7-5-6-22(30)17(23)3/h5-14H,4,15H2,1-3H3,(H,31,33,35)/b20-12+. The second-order valence-corrected chi connectivity index (χ2v) is 9.64. The summed E-state index contributed by atoms with van der Waals surface area (Å²) in [6.07, 6.45) is 1.41. The van der Waals surface area contributed by atoms with E-state index < -0.39 is 17.8 Å². The van der Waals surface area contributed by atoms with Gasteiger partial charge in [0.2, 0.25) is 0 Å². The van der Waals surface area contributed by atoms with Gasteiger partial charge in [-0.15, -0.1) is 0 Å². The van der Waals surface area contributed by atoms with Crippen molar-refractivity contribution in [3.63, 3.8) is 0 Å². The van der Waals surface area contributed by atoms with Crippen molar-refractivity contribution in [2.75, 3.05) is 11.5 Å². The first-order chi connectivity index (χ1) is 17.7. The van der Waals surface area contributed by atoms with Crippen molar-refractivity contribution in [3.8, 4) is 11.5 Å². The highest BCUT2D eigenvalue weighted by Gasteiger charge is 2.37. The summed E-state index contributed by atoms with van der Waals surface area (Å²) < 4.78 is 12.4. The van der Waals surface area contributed by atoms with Crippen molar-refractivity contribution in [2.24, 2.45) is 0 Å². The fourth-order valence-corrected chi connectivity index (χ4v) is 4.54. The van der Waals surface area contributed by atoms with E-state index in [-0.39, 0.29) is 5.57 Å². The van der Waals surface area contributed by atoms with Crippen LogP contribution >= 0.6 is 27.5 Å². The summed E-state index contributed by atoms with van der Waals surface area (Å²) in [5.74, 6) is -0.610. The molecule has 3 aromatic carbocycles. The van der Waals surface area contributed by atoms with Gasteiger partial charge in [0.25, 0.3) is 11.8 Å². The average Bonchev–Trinajstić information content (AvgIpc) is 2.85. The molecule has 7 nitrogen and oxygen atoms in total. The van der Waals surface area contributed by atoms with Crippen molar-refractivity contribution < 1.29 is 23.9 Å². The molecule has 0 aliphatic carbocycles. The Hall–Kier alpha value is -3.62. The molecule has 0 saturated carbocycles. The quantitative estimate of drug-likeness (QED) is 0.258. The minimum Gasteiger partial charge on any atom is -0.490 e. The van der Waals surface area contributed by atoms with Crippen LogP contribution in [0.15, 0.2) is 64.6 Å². The number of hydrogen-bond donors (Lipinski definition) is 1. The Kier molecular flexibility index (Phi) is 8.00. The van der Waals surface area contributed by atoms with E-state index in [9.17, 15) is 14.4 Å². The topological polar surface area (TPSA) is 84.9 Å². The molecule has 1 fully saturated rings. The molecule has 3 aromatic rings. The number of barbiturate groups is 1. The summed E-state index contributed by atoms with van der Waals surface area (Å²) in [6, 6.07) is 15.4. The first kappa shape index (κ1) is 26.4. The largest absolute Gasteiger partial charge is 0.490 e. The molecule has 9 heteroatoms. The number of amides is 4. The number of urea groups is 1. The second-order valence-electron chi connectivity index (χ2n) is 8.38. The number of nitrogens with zero attached hydrogens (tertiary/aromatic N) is 1. The molecule has 37 heavy (non-hydrogen) atoms. The summed E-state index contributed by atoms with van der Waals surface area (Å²) in [4.78, 5) is 39.5. The first-order valence-corrected chi connectivity index (χ1v) is 12.7. The summed E-state index contributed by atoms with van der Waals surface area (Å²) in [7, 11) is 0. The number of carbonyl (C=O) groups excluding carboxylic acids is 3. The lowest BCUT2D eigenvalue weighted by molar-refractivity contribution is -0.122. The van der Waals surface area contributed by atoms with Gasteiger partial charge in [0.15, 0.2) is 11.5 Å². The number of hydrogen-bond acceptors (Lipinski definition) is 5. The number of rotatable bonds is 7. The maximum Gasteiger partial charge on any atom is 0.335 e. The molecule has 0 spiro atoms. The summed E-state index contributed by atoms with van der Waals surface area (Å²) in [6.45, 7) is 6.26. The molecule has 0 radical (unpaired) electrons. The smallest absolute Gasteiger partial charge is 0.335 e. The third kappa shape index (κ3) is 5.70. The highest BCUT2D eigenvalue weighted by Crippen LogP contribution is 2.38. The summed E-state index contributed by atoms with van der Waals surface area (Å²) >= 11 is 9.72. The molecule has 0 bridgehead atoms. The van der Waals surface area contributed by atoms with Crippen LogP contribution in [0.1, 0.15) is 29.2 Å². The van der Waals surface area contributed by atoms with E-state index >= 15 is 0 Å². The zero-order valence-electron chi connectivity index (χ0n) is 20.4. The van der Waals surface area contributed by atoms with Crippen molar-refractivity contribution >= 4 is 57.1 Å². The fraction of sp³-hybridized carbons (Fsp3) is 0.179. The van der Waals surface area contributed by atoms with Crippen LogP contribution in [0.4, 0.5) is 10.5 Å². The Morgan fingerprint density at radius 1 is 1.03 bits per heavy atom. The monoisotopic (exact) mass is 582 g/mol. The predicted molar refractivity (Wildman–Crippen MR) is 146 cm³/mol. The van der Waals surface area contributed by atoms with Gasteiger partial charge in [0.05, 0.1) is 16.8 Å². The molecule has 0 unspecified atom stereocenters. The van der Waals surface area contributed by atoms with Gasteiger partial charge in [-0.2, -0.15) is 0 Å². The number of ether oxygens (including phenoxy) is 2. The number of anilines is 1. The maximum atomic E-state index is 13.3. The predicted octanol–water partition coefficient (Wildman–Crippen LogP) is 6.36. The number of halogens is 2. The van der Waals surface area contributed by atoms with E-state index in [1.807, 2.05) is 38.1 Å². The summed E-state index contributed by atoms with van der Waals surface area (Å²) in [5.41, 5.74) is 3.29. The number of aryl methyl sites for hydroxylation is 1. The van der Waals surface area contributed by atoms with E-state index in [0.717, 1.165) is 16.0 Å². The normalized spacial score (nSPS) is 14.7. The van der Waals surface area contributed by atoms with Crippen LogP contribution in [0.3, 0.4) is 0 Å². The Morgan fingerprint density at radius 3 is 2.46 bits per heavy atom. The molecule has 1 N–H and O–H groups in total. The van der Waals surface area contributed by atoms with Crippen LogP contribution in [0, 0.1) is 13.8 Å². The third-order valence-corrected chi connectivity index (χ3v) is 6.73. The van der Waals surface area contributed by atoms with E-state index in [0.29, 0.717) is 51.0 Å². The van der Waals surface area contributed by atoms with E-state index in [2.05, 4.69) is 21.2 Å². The number of benzene rings is 3. The van der Waals surface area contributed by atoms with Crippen LogP contribution in [0.2, 0.25) is 5.02 Å². The van der Waals surface area contributed by atoms with Gasteiger partial charge in [-0.3, -0.25) is 14.9 Å². The second kappa shape index (κ2) is 11.2. The molecule has 1 aliphatic heterocycles. The molecule has 0 atom stereocenters. The van der Waals surface area contributed by atoms with Gasteiger partial charge >= 0.3 is 6.03 Å². The van der Waals surface area contributed by atoms with Crippen molar-refractivity contribution in [1.82, 2.24) is 5.32 Å². The van der Waals surface area contributed by atoms with Crippen LogP contribution < -0.4 is 19.7 Å². The van der Waals surface area contributed by atoms with Gasteiger partial charge in [-0.05, 0) is 83.7 Å². The third-order valence-electron chi connectivity index (χ3n) is 5.73. The summed E-state index contributed by atoms with van der Waals surface area (Å²) in [5, 5.41) is 2.63. The Balaban J connectivity index is 1.67. The zero-order chi connectivity index (χ0) is 26.7. The molecule has 4 rings (SSSR count). The number of imide groups is 2. The van der Waals surface area contributed by atoms with Gasteiger partial charge in [-0.1, -0.05) is 47.5 Å². The van der Waals surface area contributed by atoms with E-state index in [4.69, 9.17) is 21.1 Å². The van der Waals surface area contributed by atoms with Gasteiger partial charge < -0.3 is 9.47 Å². The lowest BCUT2D eigenvalue weighted by Crippen LogP contribution is -2.54. The van der Waals surface area contributed by atoms with Crippen molar-refractivity contribution in [3.05, 3.63) is 91.9 Å². The maximum absolute atomic E-state index is 13.3. The van der Waals surface area contributed by atoms with Crippen LogP contribution in [0.5, 0.6) is 11.5 Å². The van der Waals surface area contributed by atoms with Gasteiger partial charge in [0, 0.05) is 5.02 Å². The van der Waals surface area contributed by atoms with Crippen molar-refractivity contribution in [1.29, 1.82) is 0 Å². The Labute approximate surface area is 228 Å². The minimum atomic E-state index is -0.839. The lowest BCUT2D eigenvalue weighted by atomic mass is 10.1. The molecular formula is C28H24BrClN2O5. The van der Waals surface area contributed by atoms with E-state index in [1.165, 1.54) is 6.08 Å². The van der Waals surface area contributed by atoms with Crippen LogP contribution in [-0.4, -0.2) is 24.5 Å². The van der Waals surface area contributed by atoms with Gasteiger partial charge in [-0.25, -0.2) is 9.69 Å². The molecule has 1 heterocycles. The zero-order valence-corrected chi connectivity index (χ0v) is 22.8. The van der Waals surface area contributed by atoms with Crippen molar-refractivity contribution in [2.45, 2.75) is 27.4 Å². The molecule has 0 aromatic heterocycles. The van der Waals surface area contributed by atoms with Crippen LogP contribution in [-0.2, 0) is 16.2 Å². The molecule has 1 saturated heterocycles. The number of nitrogens with one attached hydrogen (secondary N) is 1. The first-order valence-electron chi connectivity index (χ1n) is 11.5. The lowest BCUT2D eigenvalue weighted by Gasteiger charge is -2.27. The average molecular weight is 584 g/mol. The molecular weight excluding hydrogens is 560 g/mol. The SMILES string of the molecule is CCOc1cc(/C=C2\C(=O)NC(=O)N(c3cccc(Cl)c3C)C2=O)cc(Br)c1OCc1ccc(C)cc1. The Morgan fingerprint density at radius 2 is 1.76 bits per heavy atom. The number of carbonyl (C=O) groups is 3. The van der Waals surface area contributed by atoms with Crippen LogP contribution in [0.25, 0.3) is 6.08 Å². The highest BCUT2D eigenvalue weighted by atomic mass is 79.9. The molecule has 1 aliphatic rings. The van der Waals surface area contributed by atoms with Gasteiger partial charge in [0.1, 0.15) is 12.2 Å². The highest BCUT2D eigenvalue weighted by molar-refractivity contribution is 9.10. The molecule has 190 valence electrons.